The van der Waals surface area contributed by atoms with Crippen LogP contribution in [0.3, 0.4) is 0 Å². The zero-order valence-electron chi connectivity index (χ0n) is 5.11. The molecule has 0 radical (unpaired) electrons. The number of rotatable bonds is 1. The zero-order chi connectivity index (χ0) is 8.43. The number of nitrogens with one attached hydrogen (secondary N) is 1. The summed E-state index contributed by atoms with van der Waals surface area (Å²) in [6, 6.07) is 0. The van der Waals surface area contributed by atoms with Gasteiger partial charge in [-0.05, 0) is 0 Å². The van der Waals surface area contributed by atoms with Crippen LogP contribution in [-0.4, -0.2) is 9.97 Å². The van der Waals surface area contributed by atoms with E-state index in [4.69, 9.17) is 40.6 Å². The van der Waals surface area contributed by atoms with Crippen molar-refractivity contribution in [2.24, 2.45) is 5.84 Å². The summed E-state index contributed by atoms with van der Waals surface area (Å²) in [6.07, 6.45) is 0. The van der Waals surface area contributed by atoms with Crippen LogP contribution in [0.2, 0.25) is 15.5 Å². The molecule has 0 aliphatic carbocycles. The lowest BCUT2D eigenvalue weighted by molar-refractivity contribution is 1.16. The van der Waals surface area contributed by atoms with Gasteiger partial charge in [0.15, 0.2) is 21.3 Å². The lowest BCUT2D eigenvalue weighted by Gasteiger charge is -2.01. The molecule has 1 aromatic heterocycles. The van der Waals surface area contributed by atoms with Gasteiger partial charge in [-0.25, -0.2) is 15.8 Å². The molecule has 0 unspecified atom stereocenters. The molecule has 1 rings (SSSR count). The van der Waals surface area contributed by atoms with Crippen LogP contribution in [0.1, 0.15) is 0 Å². The van der Waals surface area contributed by atoms with Gasteiger partial charge in [-0.2, -0.15) is 0 Å². The summed E-state index contributed by atoms with van der Waals surface area (Å²) in [5.74, 6) is 5.23. The Bertz CT molecular complexity index is 276. The normalized spacial score (nSPS) is 9.82. The Morgan fingerprint density at radius 2 is 1.55 bits per heavy atom. The Morgan fingerprint density at radius 1 is 1.00 bits per heavy atom. The van der Waals surface area contributed by atoms with Crippen molar-refractivity contribution in [2.45, 2.75) is 0 Å². The van der Waals surface area contributed by atoms with Crippen molar-refractivity contribution in [3.8, 4) is 0 Å². The minimum absolute atomic E-state index is 0.0515. The fourth-order valence-electron chi connectivity index (χ4n) is 0.468. The maximum Gasteiger partial charge on any atom is 0.179 e. The predicted octanol–water partition coefficient (Wildman–Crippen LogP) is 1.72. The SMILES string of the molecule is NNc1nc(Cl)c(Cl)nc1Cl. The highest BCUT2D eigenvalue weighted by Crippen LogP contribution is 2.23. The average Bonchev–Trinajstić information content (AvgIpc) is 1.97. The number of halogens is 3. The molecule has 60 valence electrons. The third kappa shape index (κ3) is 1.84. The van der Waals surface area contributed by atoms with E-state index in [9.17, 15) is 0 Å². The summed E-state index contributed by atoms with van der Waals surface area (Å²) in [4.78, 5) is 7.33. The highest BCUT2D eigenvalue weighted by atomic mass is 35.5. The van der Waals surface area contributed by atoms with Crippen LogP contribution >= 0.6 is 34.8 Å². The maximum atomic E-state index is 5.54. The summed E-state index contributed by atoms with van der Waals surface area (Å²) >= 11 is 16.5. The van der Waals surface area contributed by atoms with Crippen molar-refractivity contribution < 1.29 is 0 Å². The van der Waals surface area contributed by atoms with E-state index in [0.717, 1.165) is 0 Å². The maximum absolute atomic E-state index is 5.54. The molecule has 7 heteroatoms. The van der Waals surface area contributed by atoms with Crippen LogP contribution < -0.4 is 11.3 Å². The third-order valence-corrected chi connectivity index (χ3v) is 1.80. The van der Waals surface area contributed by atoms with Gasteiger partial charge in [-0.3, -0.25) is 0 Å². The van der Waals surface area contributed by atoms with E-state index in [0.29, 0.717) is 0 Å². The van der Waals surface area contributed by atoms with E-state index >= 15 is 0 Å². The molecule has 1 heterocycles. The Hall–Kier alpha value is -0.290. The zero-order valence-corrected chi connectivity index (χ0v) is 7.37. The van der Waals surface area contributed by atoms with Crippen molar-refractivity contribution >= 4 is 40.6 Å². The van der Waals surface area contributed by atoms with Gasteiger partial charge in [0.25, 0.3) is 0 Å². The monoisotopic (exact) mass is 212 g/mol. The van der Waals surface area contributed by atoms with E-state index < -0.39 is 0 Å². The van der Waals surface area contributed by atoms with Gasteiger partial charge >= 0.3 is 0 Å². The van der Waals surface area contributed by atoms with Gasteiger partial charge < -0.3 is 5.43 Å². The van der Waals surface area contributed by atoms with Crippen molar-refractivity contribution in [2.75, 3.05) is 5.43 Å². The number of aromatic nitrogens is 2. The molecular weight excluding hydrogens is 210 g/mol. The molecule has 1 aromatic rings. The Balaban J connectivity index is 3.21. The van der Waals surface area contributed by atoms with Crippen LogP contribution in [0.15, 0.2) is 0 Å². The van der Waals surface area contributed by atoms with Crippen LogP contribution in [0.4, 0.5) is 5.82 Å². The highest BCUT2D eigenvalue weighted by Gasteiger charge is 2.07. The molecule has 0 bridgehead atoms. The first kappa shape index (κ1) is 8.80. The van der Waals surface area contributed by atoms with Crippen molar-refractivity contribution in [1.29, 1.82) is 0 Å². The van der Waals surface area contributed by atoms with Crippen LogP contribution in [-0.2, 0) is 0 Å². The molecule has 11 heavy (non-hydrogen) atoms. The van der Waals surface area contributed by atoms with Crippen molar-refractivity contribution in [3.05, 3.63) is 15.5 Å². The topological polar surface area (TPSA) is 63.8 Å². The van der Waals surface area contributed by atoms with E-state index in [-0.39, 0.29) is 21.3 Å². The van der Waals surface area contributed by atoms with Gasteiger partial charge in [-0.15, -0.1) is 0 Å². The summed E-state index contributed by atoms with van der Waals surface area (Å²) < 4.78 is 0. The Labute approximate surface area is 77.6 Å². The Morgan fingerprint density at radius 3 is 2.09 bits per heavy atom. The summed E-state index contributed by atoms with van der Waals surface area (Å²) in [6.45, 7) is 0. The van der Waals surface area contributed by atoms with Gasteiger partial charge in [-0.1, -0.05) is 34.8 Å². The second kappa shape index (κ2) is 3.40. The molecule has 0 fully saturated rings. The first-order valence-corrected chi connectivity index (χ1v) is 3.63. The van der Waals surface area contributed by atoms with E-state index in [1.165, 1.54) is 0 Å². The smallest absolute Gasteiger partial charge is 0.179 e. The Kier molecular flexibility index (Phi) is 2.72. The highest BCUT2D eigenvalue weighted by molar-refractivity contribution is 6.41. The molecule has 0 saturated heterocycles. The number of nitrogen functional groups attached to an aromatic ring is 1. The molecule has 3 N–H and O–H groups in total. The molecule has 0 spiro atoms. The van der Waals surface area contributed by atoms with E-state index in [2.05, 4.69) is 15.4 Å². The minimum Gasteiger partial charge on any atom is -0.306 e. The largest absolute Gasteiger partial charge is 0.306 e. The summed E-state index contributed by atoms with van der Waals surface area (Å²) in [5, 5.41) is 0.196. The molecule has 4 nitrogen and oxygen atoms in total. The lowest BCUT2D eigenvalue weighted by atomic mass is 10.7. The number of hydrogen-bond donors (Lipinski definition) is 2. The van der Waals surface area contributed by atoms with E-state index in [1.807, 2.05) is 0 Å². The second-order valence-electron chi connectivity index (χ2n) is 1.59. The number of nitrogens with two attached hydrogens (primary N) is 1. The van der Waals surface area contributed by atoms with Crippen molar-refractivity contribution in [3.63, 3.8) is 0 Å². The third-order valence-electron chi connectivity index (χ3n) is 0.909. The standard InChI is InChI=1S/C4H3Cl3N4/c5-1-2(6)10-4(11-8)3(7)9-1/h8H2,(H,10,11). The van der Waals surface area contributed by atoms with E-state index in [1.54, 1.807) is 0 Å². The second-order valence-corrected chi connectivity index (χ2v) is 2.66. The number of hydrogen-bond acceptors (Lipinski definition) is 4. The molecule has 0 aliphatic rings. The number of anilines is 1. The van der Waals surface area contributed by atoms with Gasteiger partial charge in [0.1, 0.15) is 0 Å². The van der Waals surface area contributed by atoms with Crippen molar-refractivity contribution in [1.82, 2.24) is 9.97 Å². The number of hydrazine groups is 1. The summed E-state index contributed by atoms with van der Waals surface area (Å²) in [5.41, 5.74) is 2.21. The van der Waals surface area contributed by atoms with Crippen LogP contribution in [0.5, 0.6) is 0 Å². The quantitative estimate of drug-likeness (QED) is 0.551. The minimum atomic E-state index is 0.0515. The lowest BCUT2D eigenvalue weighted by Crippen LogP contribution is -2.09. The molecule has 0 amide bonds. The van der Waals surface area contributed by atoms with Gasteiger partial charge in [0.2, 0.25) is 0 Å². The van der Waals surface area contributed by atoms with Gasteiger partial charge in [0.05, 0.1) is 0 Å². The summed E-state index contributed by atoms with van der Waals surface area (Å²) in [7, 11) is 0. The average molecular weight is 213 g/mol. The molecule has 0 aliphatic heterocycles. The molecule has 0 atom stereocenters. The van der Waals surface area contributed by atoms with Crippen LogP contribution in [0.25, 0.3) is 0 Å². The molecular formula is C4H3Cl3N4. The van der Waals surface area contributed by atoms with Crippen LogP contribution in [0, 0.1) is 0 Å². The fraction of sp³-hybridized carbons (Fsp3) is 0. The fourth-order valence-corrected chi connectivity index (χ4v) is 0.946. The predicted molar refractivity (Wildman–Crippen MR) is 44.9 cm³/mol. The first-order valence-electron chi connectivity index (χ1n) is 2.50. The molecule has 0 saturated carbocycles. The first-order chi connectivity index (χ1) is 5.15. The van der Waals surface area contributed by atoms with Gasteiger partial charge in [0, 0.05) is 0 Å². The number of nitrogens with zero attached hydrogens (tertiary/aromatic N) is 2. The molecule has 0 aromatic carbocycles.